The van der Waals surface area contributed by atoms with Crippen LogP contribution >= 0.6 is 12.4 Å². The quantitative estimate of drug-likeness (QED) is 0.807. The Morgan fingerprint density at radius 1 is 1.00 bits per heavy atom. The van der Waals surface area contributed by atoms with Gasteiger partial charge in [0.2, 0.25) is 0 Å². The number of hydrogen-bond donors (Lipinski definition) is 1. The predicted molar refractivity (Wildman–Crippen MR) is 64.7 cm³/mol. The van der Waals surface area contributed by atoms with Crippen molar-refractivity contribution in [2.75, 3.05) is 0 Å². The summed E-state index contributed by atoms with van der Waals surface area (Å²) in [6.45, 7) is 1.94. The smallest absolute Gasteiger partial charge is 0.406 e. The maximum atomic E-state index is 11.8. The number of nitrogens with two attached hydrogens (primary N) is 1. The van der Waals surface area contributed by atoms with Crippen molar-refractivity contribution in [3.8, 4) is 5.75 Å². The fourth-order valence-electron chi connectivity index (χ4n) is 0.973. The summed E-state index contributed by atoms with van der Waals surface area (Å²) in [5, 5.41) is 0. The molecule has 0 saturated carbocycles. The zero-order valence-corrected chi connectivity index (χ0v) is 11.4. The van der Waals surface area contributed by atoms with Crippen LogP contribution < -0.4 is 10.5 Å². The van der Waals surface area contributed by atoms with E-state index in [1.165, 1.54) is 24.3 Å². The third-order valence-electron chi connectivity index (χ3n) is 1.64. The number of ether oxygens (including phenoxy) is 1. The van der Waals surface area contributed by atoms with Crippen LogP contribution in [0.4, 0.5) is 26.3 Å². The Balaban J connectivity index is 0. The summed E-state index contributed by atoms with van der Waals surface area (Å²) in [5.41, 5.74) is 6.29. The molecule has 2 nitrogen and oxygen atoms in total. The lowest BCUT2D eigenvalue weighted by Gasteiger charge is -2.10. The van der Waals surface area contributed by atoms with Gasteiger partial charge in [-0.05, 0) is 24.6 Å². The van der Waals surface area contributed by atoms with Gasteiger partial charge in [0, 0.05) is 13.0 Å². The fourth-order valence-corrected chi connectivity index (χ4v) is 0.973. The van der Waals surface area contributed by atoms with Crippen molar-refractivity contribution in [2.45, 2.75) is 32.4 Å². The molecule has 0 aliphatic carbocycles. The Morgan fingerprint density at radius 2 is 1.35 bits per heavy atom. The Hall–Kier alpha value is -1.15. The highest BCUT2D eigenvalue weighted by atomic mass is 35.5. The van der Waals surface area contributed by atoms with Gasteiger partial charge in [0.1, 0.15) is 5.75 Å². The molecule has 0 aliphatic rings. The number of hydrogen-bond acceptors (Lipinski definition) is 2. The van der Waals surface area contributed by atoms with Crippen LogP contribution in [0.5, 0.6) is 5.75 Å². The number of halogens is 7. The highest BCUT2D eigenvalue weighted by molar-refractivity contribution is 5.85. The second kappa shape index (κ2) is 8.21. The van der Waals surface area contributed by atoms with Gasteiger partial charge in [0.15, 0.2) is 0 Å². The summed E-state index contributed by atoms with van der Waals surface area (Å²) < 4.78 is 70.0. The lowest BCUT2D eigenvalue weighted by atomic mass is 10.1. The van der Waals surface area contributed by atoms with Crippen molar-refractivity contribution in [3.63, 3.8) is 0 Å². The third kappa shape index (κ3) is 13.3. The molecular weight excluding hydrogens is 312 g/mol. The molecule has 0 aliphatic heterocycles. The molecule has 0 amide bonds. The topological polar surface area (TPSA) is 35.2 Å². The van der Waals surface area contributed by atoms with Gasteiger partial charge in [-0.3, -0.25) is 0 Å². The van der Waals surface area contributed by atoms with E-state index in [-0.39, 0.29) is 31.1 Å². The average Bonchev–Trinajstić information content (AvgIpc) is 2.12. The van der Waals surface area contributed by atoms with E-state index in [1.807, 2.05) is 0 Å². The molecule has 1 rings (SSSR count). The highest BCUT2D eigenvalue weighted by Crippen LogP contribution is 2.23. The molecule has 9 heteroatoms. The lowest BCUT2D eigenvalue weighted by Crippen LogP contribution is -2.17. The monoisotopic (exact) mass is 325 g/mol. The van der Waals surface area contributed by atoms with Crippen molar-refractivity contribution in [2.24, 2.45) is 5.73 Å². The number of benzene rings is 1. The first kappa shape index (κ1) is 21.2. The fraction of sp³-hybridized carbons (Fsp3) is 0.455. The van der Waals surface area contributed by atoms with Crippen molar-refractivity contribution in [1.82, 2.24) is 0 Å². The largest absolute Gasteiger partial charge is 0.573 e. The van der Waals surface area contributed by atoms with Crippen molar-refractivity contribution in [1.29, 1.82) is 0 Å². The van der Waals surface area contributed by atoms with E-state index in [9.17, 15) is 26.3 Å². The van der Waals surface area contributed by atoms with Gasteiger partial charge < -0.3 is 10.5 Å². The molecule has 1 aromatic rings. The Labute approximate surface area is 118 Å². The summed E-state index contributed by atoms with van der Waals surface area (Å²) in [7, 11) is 0. The zero-order chi connectivity index (χ0) is 15.3. The SMILES string of the molecule is CC(F)(F)F.CC(N)c1ccc(OC(F)(F)F)cc1.Cl. The van der Waals surface area contributed by atoms with E-state index in [4.69, 9.17) is 5.73 Å². The second-order valence-corrected chi connectivity index (χ2v) is 3.69. The van der Waals surface area contributed by atoms with Crippen molar-refractivity contribution >= 4 is 12.4 Å². The maximum absolute atomic E-state index is 11.8. The molecular formula is C11H14ClF6NO. The minimum atomic E-state index is -4.64. The van der Waals surface area contributed by atoms with Crippen LogP contribution in [0.15, 0.2) is 24.3 Å². The predicted octanol–water partition coefficient (Wildman–Crippen LogP) is 4.60. The van der Waals surface area contributed by atoms with Crippen LogP contribution in [0.25, 0.3) is 0 Å². The van der Waals surface area contributed by atoms with Gasteiger partial charge in [-0.2, -0.15) is 13.2 Å². The van der Waals surface area contributed by atoms with Gasteiger partial charge in [-0.25, -0.2) is 0 Å². The Morgan fingerprint density at radius 3 is 1.60 bits per heavy atom. The van der Waals surface area contributed by atoms with Gasteiger partial charge in [-0.1, -0.05) is 12.1 Å². The lowest BCUT2D eigenvalue weighted by molar-refractivity contribution is -0.274. The van der Waals surface area contributed by atoms with Gasteiger partial charge in [-0.15, -0.1) is 25.6 Å². The second-order valence-electron chi connectivity index (χ2n) is 3.69. The van der Waals surface area contributed by atoms with Crippen LogP contribution in [0.2, 0.25) is 0 Å². The van der Waals surface area contributed by atoms with E-state index in [1.54, 1.807) is 6.92 Å². The first-order valence-corrected chi connectivity index (χ1v) is 5.06. The van der Waals surface area contributed by atoms with E-state index >= 15 is 0 Å². The van der Waals surface area contributed by atoms with Crippen molar-refractivity contribution in [3.05, 3.63) is 29.8 Å². The first-order chi connectivity index (χ1) is 8.38. The van der Waals surface area contributed by atoms with Gasteiger partial charge in [0.25, 0.3) is 0 Å². The molecule has 118 valence electrons. The molecule has 2 N–H and O–H groups in total. The molecule has 0 aromatic heterocycles. The highest BCUT2D eigenvalue weighted by Gasteiger charge is 2.30. The molecule has 1 aromatic carbocycles. The summed E-state index contributed by atoms with van der Waals surface area (Å²) in [4.78, 5) is 0. The molecule has 1 unspecified atom stereocenters. The summed E-state index contributed by atoms with van der Waals surface area (Å²) >= 11 is 0. The van der Waals surface area contributed by atoms with E-state index in [0.29, 0.717) is 0 Å². The Bertz CT molecular complexity index is 368. The molecule has 1 atom stereocenters. The van der Waals surface area contributed by atoms with Crippen LogP contribution in [-0.2, 0) is 0 Å². The van der Waals surface area contributed by atoms with Crippen LogP contribution in [-0.4, -0.2) is 12.5 Å². The van der Waals surface area contributed by atoms with Crippen molar-refractivity contribution < 1.29 is 31.1 Å². The molecule has 0 heterocycles. The van der Waals surface area contributed by atoms with E-state index < -0.39 is 12.5 Å². The average molecular weight is 326 g/mol. The molecule has 20 heavy (non-hydrogen) atoms. The normalized spacial score (nSPS) is 12.7. The summed E-state index contributed by atoms with van der Waals surface area (Å²) in [6.07, 6.45) is -8.64. The maximum Gasteiger partial charge on any atom is 0.573 e. The zero-order valence-electron chi connectivity index (χ0n) is 10.5. The standard InChI is InChI=1S/C9H10F3NO.C2H3F3.ClH/c1-6(13)7-2-4-8(5-3-7)14-9(10,11)12;1-2(3,4)5;/h2-6H,13H2,1H3;1H3;1H. The minimum Gasteiger partial charge on any atom is -0.406 e. The van der Waals surface area contributed by atoms with Crippen LogP contribution in [0, 0.1) is 0 Å². The van der Waals surface area contributed by atoms with Crippen LogP contribution in [0.1, 0.15) is 25.5 Å². The number of alkyl halides is 6. The summed E-state index contributed by atoms with van der Waals surface area (Å²) in [5.74, 6) is -0.234. The number of rotatable bonds is 2. The molecule has 0 saturated heterocycles. The van der Waals surface area contributed by atoms with Crippen LogP contribution in [0.3, 0.4) is 0 Å². The molecule has 0 bridgehead atoms. The van der Waals surface area contributed by atoms with E-state index in [2.05, 4.69) is 4.74 Å². The molecule has 0 radical (unpaired) electrons. The third-order valence-corrected chi connectivity index (χ3v) is 1.64. The van der Waals surface area contributed by atoms with Gasteiger partial charge >= 0.3 is 12.5 Å². The molecule has 0 fully saturated rings. The Kier molecular flexibility index (Phi) is 8.68. The first-order valence-electron chi connectivity index (χ1n) is 5.06. The minimum absolute atomic E-state index is 0. The van der Waals surface area contributed by atoms with E-state index in [0.717, 1.165) is 5.56 Å². The van der Waals surface area contributed by atoms with Gasteiger partial charge in [0.05, 0.1) is 0 Å². The summed E-state index contributed by atoms with van der Waals surface area (Å²) in [6, 6.07) is 5.30. The molecule has 0 spiro atoms.